The number of hydrogen-bond donors (Lipinski definition) is 2. The number of benzene rings is 1. The summed E-state index contributed by atoms with van der Waals surface area (Å²) < 4.78 is 5.73. The van der Waals surface area contributed by atoms with Gasteiger partial charge >= 0.3 is 0 Å². The first-order chi connectivity index (χ1) is 11.2. The van der Waals surface area contributed by atoms with Crippen LogP contribution < -0.4 is 0 Å². The number of nitrogens with zero attached hydrogens (tertiary/aromatic N) is 1. The molecule has 2 rings (SSSR count). The largest absolute Gasteiger partial charge is 0.504 e. The van der Waals surface area contributed by atoms with Gasteiger partial charge in [0.25, 0.3) is 0 Å². The summed E-state index contributed by atoms with van der Waals surface area (Å²) in [6, 6.07) is 4.06. The zero-order valence-electron chi connectivity index (χ0n) is 14.6. The lowest BCUT2D eigenvalue weighted by molar-refractivity contribution is 0.0809. The van der Waals surface area contributed by atoms with Gasteiger partial charge in [0.1, 0.15) is 0 Å². The van der Waals surface area contributed by atoms with Crippen LogP contribution in [0.25, 0.3) is 0 Å². The van der Waals surface area contributed by atoms with Gasteiger partial charge < -0.3 is 14.9 Å². The Hall–Kier alpha value is -1.26. The molecule has 0 amide bonds. The number of aromatic hydroxyl groups is 2. The minimum atomic E-state index is -0.00283. The lowest BCUT2D eigenvalue weighted by atomic mass is 9.86. The monoisotopic (exact) mass is 321 g/mol. The Morgan fingerprint density at radius 2 is 1.96 bits per heavy atom. The van der Waals surface area contributed by atoms with Gasteiger partial charge in [0, 0.05) is 24.8 Å². The Morgan fingerprint density at radius 1 is 1.13 bits per heavy atom. The summed E-state index contributed by atoms with van der Waals surface area (Å²) in [5.74, 6) is 0.0721. The molecule has 0 saturated heterocycles. The van der Waals surface area contributed by atoms with Crippen molar-refractivity contribution in [3.8, 4) is 11.5 Å². The quantitative estimate of drug-likeness (QED) is 0.540. The molecule has 1 aromatic rings. The van der Waals surface area contributed by atoms with Crippen LogP contribution in [-0.4, -0.2) is 47.5 Å². The van der Waals surface area contributed by atoms with Crippen molar-refractivity contribution in [1.82, 2.24) is 4.90 Å². The summed E-state index contributed by atoms with van der Waals surface area (Å²) in [6.07, 6.45) is 6.25. The van der Waals surface area contributed by atoms with Crippen LogP contribution in [0.1, 0.15) is 50.7 Å². The number of unbranched alkanes of at least 4 members (excludes halogenated alkanes) is 1. The average molecular weight is 321 g/mol. The molecule has 23 heavy (non-hydrogen) atoms. The van der Waals surface area contributed by atoms with E-state index in [-0.39, 0.29) is 11.5 Å². The first kappa shape index (κ1) is 18.1. The topological polar surface area (TPSA) is 52.9 Å². The van der Waals surface area contributed by atoms with Crippen LogP contribution >= 0.6 is 0 Å². The third-order valence-corrected chi connectivity index (χ3v) is 4.73. The smallest absolute Gasteiger partial charge is 0.160 e. The molecule has 0 heterocycles. The Morgan fingerprint density at radius 3 is 2.70 bits per heavy atom. The molecule has 4 heteroatoms. The van der Waals surface area contributed by atoms with Crippen LogP contribution in [0.15, 0.2) is 12.1 Å². The molecule has 2 N–H and O–H groups in total. The van der Waals surface area contributed by atoms with Crippen molar-refractivity contribution in [2.75, 3.05) is 26.3 Å². The van der Waals surface area contributed by atoms with E-state index in [9.17, 15) is 10.2 Å². The maximum Gasteiger partial charge on any atom is 0.160 e. The Balaban J connectivity index is 1.94. The van der Waals surface area contributed by atoms with Gasteiger partial charge in [-0.25, -0.2) is 0 Å². The lowest BCUT2D eigenvalue weighted by Gasteiger charge is -2.35. The zero-order chi connectivity index (χ0) is 16.7. The van der Waals surface area contributed by atoms with E-state index in [1.165, 1.54) is 12.0 Å². The van der Waals surface area contributed by atoms with E-state index in [0.717, 1.165) is 64.0 Å². The van der Waals surface area contributed by atoms with Gasteiger partial charge in [-0.05, 0) is 50.3 Å². The second-order valence-electron chi connectivity index (χ2n) is 6.47. The number of phenols is 2. The number of ether oxygens (including phenoxy) is 1. The van der Waals surface area contributed by atoms with E-state index < -0.39 is 0 Å². The van der Waals surface area contributed by atoms with Gasteiger partial charge in [-0.3, -0.25) is 4.90 Å². The predicted octanol–water partition coefficient (Wildman–Crippen LogP) is 3.48. The molecule has 1 aromatic carbocycles. The van der Waals surface area contributed by atoms with E-state index in [0.29, 0.717) is 6.04 Å². The molecular weight excluding hydrogens is 290 g/mol. The summed E-state index contributed by atoms with van der Waals surface area (Å²) >= 11 is 0. The van der Waals surface area contributed by atoms with Crippen molar-refractivity contribution in [2.45, 2.75) is 58.4 Å². The van der Waals surface area contributed by atoms with Crippen LogP contribution in [-0.2, 0) is 17.6 Å². The molecule has 0 radical (unpaired) electrons. The van der Waals surface area contributed by atoms with Gasteiger partial charge in [0.15, 0.2) is 11.5 Å². The molecule has 1 aliphatic carbocycles. The first-order valence-electron chi connectivity index (χ1n) is 9.01. The SMILES string of the molecule is CCCCOCCN(CCC)C1CCc2c(ccc(O)c2O)C1. The van der Waals surface area contributed by atoms with Crippen molar-refractivity contribution in [3.63, 3.8) is 0 Å². The third-order valence-electron chi connectivity index (χ3n) is 4.73. The van der Waals surface area contributed by atoms with Crippen molar-refractivity contribution < 1.29 is 14.9 Å². The molecule has 0 bridgehead atoms. The summed E-state index contributed by atoms with van der Waals surface area (Å²) in [4.78, 5) is 2.53. The van der Waals surface area contributed by atoms with Gasteiger partial charge in [-0.1, -0.05) is 26.3 Å². The molecular formula is C19H31NO3. The standard InChI is InChI=1S/C19H31NO3/c1-3-5-12-23-13-11-20(10-4-2)16-7-8-17-15(14-16)6-9-18(21)19(17)22/h6,9,16,21-22H,3-5,7-8,10-14H2,1-2H3. The Kier molecular flexibility index (Phi) is 7.18. The van der Waals surface area contributed by atoms with Crippen molar-refractivity contribution in [1.29, 1.82) is 0 Å². The van der Waals surface area contributed by atoms with Crippen molar-refractivity contribution in [2.24, 2.45) is 0 Å². The van der Waals surface area contributed by atoms with E-state index in [1.54, 1.807) is 6.07 Å². The molecule has 0 aromatic heterocycles. The van der Waals surface area contributed by atoms with Crippen LogP contribution in [0, 0.1) is 0 Å². The minimum Gasteiger partial charge on any atom is -0.504 e. The molecule has 130 valence electrons. The maximum atomic E-state index is 10.0. The summed E-state index contributed by atoms with van der Waals surface area (Å²) in [5.41, 5.74) is 2.10. The Labute approximate surface area is 140 Å². The highest BCUT2D eigenvalue weighted by Crippen LogP contribution is 2.36. The molecule has 0 aliphatic heterocycles. The summed E-state index contributed by atoms with van der Waals surface area (Å²) in [5, 5.41) is 19.7. The number of hydrogen-bond acceptors (Lipinski definition) is 4. The highest BCUT2D eigenvalue weighted by Gasteiger charge is 2.26. The zero-order valence-corrected chi connectivity index (χ0v) is 14.6. The fourth-order valence-corrected chi connectivity index (χ4v) is 3.41. The van der Waals surface area contributed by atoms with Crippen molar-refractivity contribution in [3.05, 3.63) is 23.3 Å². The van der Waals surface area contributed by atoms with Crippen LogP contribution in [0.5, 0.6) is 11.5 Å². The fraction of sp³-hybridized carbons (Fsp3) is 0.684. The van der Waals surface area contributed by atoms with Gasteiger partial charge in [0.2, 0.25) is 0 Å². The maximum absolute atomic E-state index is 10.0. The molecule has 0 spiro atoms. The summed E-state index contributed by atoms with van der Waals surface area (Å²) in [7, 11) is 0. The third kappa shape index (κ3) is 4.85. The van der Waals surface area contributed by atoms with E-state index in [1.807, 2.05) is 6.07 Å². The molecule has 0 saturated carbocycles. The normalized spacial score (nSPS) is 17.4. The van der Waals surface area contributed by atoms with Crippen LogP contribution in [0.3, 0.4) is 0 Å². The van der Waals surface area contributed by atoms with Crippen molar-refractivity contribution >= 4 is 0 Å². The average Bonchev–Trinajstić information content (AvgIpc) is 2.57. The van der Waals surface area contributed by atoms with E-state index >= 15 is 0 Å². The number of rotatable bonds is 9. The fourth-order valence-electron chi connectivity index (χ4n) is 3.41. The molecule has 4 nitrogen and oxygen atoms in total. The minimum absolute atomic E-state index is 0.00283. The summed E-state index contributed by atoms with van der Waals surface area (Å²) in [6.45, 7) is 8.11. The van der Waals surface area contributed by atoms with E-state index in [2.05, 4.69) is 18.7 Å². The predicted molar refractivity (Wildman–Crippen MR) is 93.2 cm³/mol. The highest BCUT2D eigenvalue weighted by molar-refractivity contribution is 5.50. The first-order valence-corrected chi connectivity index (χ1v) is 9.01. The molecule has 1 unspecified atom stereocenters. The van der Waals surface area contributed by atoms with Crippen LogP contribution in [0.4, 0.5) is 0 Å². The second-order valence-corrected chi connectivity index (χ2v) is 6.47. The molecule has 0 fully saturated rings. The number of phenolic OH excluding ortho intramolecular Hbond substituents is 2. The molecule has 1 aliphatic rings. The lowest BCUT2D eigenvalue weighted by Crippen LogP contribution is -2.41. The Bertz CT molecular complexity index is 490. The second kappa shape index (κ2) is 9.14. The van der Waals surface area contributed by atoms with Gasteiger partial charge in [-0.15, -0.1) is 0 Å². The highest BCUT2D eigenvalue weighted by atomic mass is 16.5. The van der Waals surface area contributed by atoms with Gasteiger partial charge in [0.05, 0.1) is 6.61 Å². The van der Waals surface area contributed by atoms with Gasteiger partial charge in [-0.2, -0.15) is 0 Å². The van der Waals surface area contributed by atoms with E-state index in [4.69, 9.17) is 4.74 Å². The molecule has 1 atom stereocenters. The van der Waals surface area contributed by atoms with Crippen LogP contribution in [0.2, 0.25) is 0 Å². The number of fused-ring (bicyclic) bond motifs is 1.